The highest BCUT2D eigenvalue weighted by molar-refractivity contribution is 5.91. The lowest BCUT2D eigenvalue weighted by molar-refractivity contribution is -0.118. The van der Waals surface area contributed by atoms with Crippen LogP contribution >= 0.6 is 0 Å². The zero-order chi connectivity index (χ0) is 20.3. The van der Waals surface area contributed by atoms with Crippen LogP contribution in [0.1, 0.15) is 37.6 Å². The van der Waals surface area contributed by atoms with Gasteiger partial charge in [0.2, 0.25) is 0 Å². The van der Waals surface area contributed by atoms with Crippen molar-refractivity contribution in [1.29, 1.82) is 0 Å². The van der Waals surface area contributed by atoms with E-state index < -0.39 is 0 Å². The van der Waals surface area contributed by atoms with Crippen LogP contribution in [0, 0.1) is 13.8 Å². The zero-order valence-corrected chi connectivity index (χ0v) is 17.0. The summed E-state index contributed by atoms with van der Waals surface area (Å²) in [7, 11) is 0. The highest BCUT2D eigenvalue weighted by Crippen LogP contribution is 2.26. The molecule has 0 bridgehead atoms. The van der Waals surface area contributed by atoms with Gasteiger partial charge in [-0.3, -0.25) is 4.79 Å². The average Bonchev–Trinajstić information content (AvgIpc) is 3.06. The molecule has 0 radical (unpaired) electrons. The number of hydrogen-bond donors (Lipinski definition) is 1. The average molecular weight is 378 g/mol. The van der Waals surface area contributed by atoms with Gasteiger partial charge < -0.3 is 10.1 Å². The van der Waals surface area contributed by atoms with Gasteiger partial charge in [-0.25, -0.2) is 4.98 Å². The van der Waals surface area contributed by atoms with Gasteiger partial charge in [0.05, 0.1) is 5.69 Å². The number of carbonyl (C=O) groups is 1. The number of aromatic nitrogens is 3. The first-order chi connectivity index (χ1) is 13.2. The van der Waals surface area contributed by atoms with Crippen LogP contribution in [0.25, 0.3) is 5.82 Å². The van der Waals surface area contributed by atoms with E-state index in [-0.39, 0.29) is 17.9 Å². The Bertz CT molecular complexity index is 972. The fourth-order valence-electron chi connectivity index (χ4n) is 2.77. The number of hydrogen-bond acceptors (Lipinski definition) is 4. The van der Waals surface area contributed by atoms with Crippen molar-refractivity contribution >= 4 is 11.7 Å². The fraction of sp³-hybridized carbons (Fsp3) is 0.318. The lowest BCUT2D eigenvalue weighted by Crippen LogP contribution is -2.22. The second kappa shape index (κ2) is 7.84. The van der Waals surface area contributed by atoms with E-state index in [1.807, 2.05) is 56.3 Å². The number of amides is 1. The van der Waals surface area contributed by atoms with E-state index in [4.69, 9.17) is 4.74 Å². The first-order valence-electron chi connectivity index (χ1n) is 9.26. The lowest BCUT2D eigenvalue weighted by atomic mass is 9.92. The SMILES string of the molecule is Cc1ccc(OCC(=O)Nc2cc(C(C)(C)C)nn2-c2ccccn2)c(C)c1. The molecule has 1 amide bonds. The monoisotopic (exact) mass is 378 g/mol. The molecule has 0 aliphatic rings. The maximum Gasteiger partial charge on any atom is 0.263 e. The van der Waals surface area contributed by atoms with Gasteiger partial charge in [-0.2, -0.15) is 9.78 Å². The molecule has 1 N–H and O–H groups in total. The molecule has 6 heteroatoms. The van der Waals surface area contributed by atoms with E-state index in [9.17, 15) is 4.79 Å². The minimum Gasteiger partial charge on any atom is -0.483 e. The molecule has 0 unspecified atom stereocenters. The maximum absolute atomic E-state index is 12.5. The summed E-state index contributed by atoms with van der Waals surface area (Å²) in [5, 5.41) is 7.54. The molecule has 2 heterocycles. The molecule has 2 aromatic heterocycles. The van der Waals surface area contributed by atoms with Crippen molar-refractivity contribution in [3.05, 3.63) is 65.5 Å². The quantitative estimate of drug-likeness (QED) is 0.722. The van der Waals surface area contributed by atoms with Crippen molar-refractivity contribution in [2.45, 2.75) is 40.0 Å². The van der Waals surface area contributed by atoms with Crippen LogP contribution in [-0.2, 0) is 10.2 Å². The van der Waals surface area contributed by atoms with Crippen molar-refractivity contribution < 1.29 is 9.53 Å². The van der Waals surface area contributed by atoms with Crippen molar-refractivity contribution in [3.8, 4) is 11.6 Å². The van der Waals surface area contributed by atoms with Crippen molar-refractivity contribution in [2.75, 3.05) is 11.9 Å². The molecule has 6 nitrogen and oxygen atoms in total. The standard InChI is InChI=1S/C22H26N4O2/c1-15-9-10-17(16(2)12-15)28-14-21(27)24-20-13-18(22(3,4)5)25-26(20)19-8-6-7-11-23-19/h6-13H,14H2,1-5H3,(H,24,27). The number of ether oxygens (including phenoxy) is 1. The number of aryl methyl sites for hydroxylation is 2. The number of nitrogens with one attached hydrogen (secondary N) is 1. The van der Waals surface area contributed by atoms with Gasteiger partial charge >= 0.3 is 0 Å². The molecule has 0 aliphatic carbocycles. The van der Waals surface area contributed by atoms with E-state index >= 15 is 0 Å². The third-order valence-electron chi connectivity index (χ3n) is 4.30. The predicted molar refractivity (Wildman–Crippen MR) is 110 cm³/mol. The van der Waals surface area contributed by atoms with Crippen molar-refractivity contribution in [2.24, 2.45) is 0 Å². The van der Waals surface area contributed by atoms with Crippen LogP contribution in [0.4, 0.5) is 5.82 Å². The van der Waals surface area contributed by atoms with Crippen LogP contribution in [0.2, 0.25) is 0 Å². The Balaban J connectivity index is 1.78. The van der Waals surface area contributed by atoms with E-state index in [1.54, 1.807) is 10.9 Å². The summed E-state index contributed by atoms with van der Waals surface area (Å²) in [5.41, 5.74) is 2.86. The molecule has 0 saturated carbocycles. The molecular weight excluding hydrogens is 352 g/mol. The van der Waals surface area contributed by atoms with Crippen LogP contribution in [0.15, 0.2) is 48.7 Å². The predicted octanol–water partition coefficient (Wildman–Crippen LogP) is 4.20. The van der Waals surface area contributed by atoms with Crippen molar-refractivity contribution in [3.63, 3.8) is 0 Å². The first kappa shape index (κ1) is 19.6. The number of pyridine rings is 1. The van der Waals surface area contributed by atoms with Gasteiger partial charge in [0.1, 0.15) is 11.6 Å². The molecule has 1 aromatic carbocycles. The summed E-state index contributed by atoms with van der Waals surface area (Å²) < 4.78 is 7.34. The van der Waals surface area contributed by atoms with Crippen LogP contribution in [0.5, 0.6) is 5.75 Å². The molecule has 3 rings (SSSR count). The lowest BCUT2D eigenvalue weighted by Gasteiger charge is -2.13. The second-order valence-electron chi connectivity index (χ2n) is 7.87. The number of rotatable bonds is 5. The van der Waals surface area contributed by atoms with Gasteiger partial charge in [0.15, 0.2) is 12.4 Å². The normalized spacial score (nSPS) is 11.3. The van der Waals surface area contributed by atoms with E-state index in [1.165, 1.54) is 0 Å². The molecule has 0 saturated heterocycles. The summed E-state index contributed by atoms with van der Waals surface area (Å²) in [6.07, 6.45) is 1.70. The smallest absolute Gasteiger partial charge is 0.263 e. The fourth-order valence-corrected chi connectivity index (χ4v) is 2.77. The highest BCUT2D eigenvalue weighted by atomic mass is 16.5. The number of carbonyl (C=O) groups excluding carboxylic acids is 1. The third-order valence-corrected chi connectivity index (χ3v) is 4.30. The van der Waals surface area contributed by atoms with Gasteiger partial charge in [0, 0.05) is 17.7 Å². The van der Waals surface area contributed by atoms with Crippen LogP contribution in [0.3, 0.4) is 0 Å². The second-order valence-corrected chi connectivity index (χ2v) is 7.87. The Morgan fingerprint density at radius 1 is 1.14 bits per heavy atom. The Hall–Kier alpha value is -3.15. The molecule has 0 atom stereocenters. The summed E-state index contributed by atoms with van der Waals surface area (Å²) in [5.74, 6) is 1.66. The summed E-state index contributed by atoms with van der Waals surface area (Å²) in [6, 6.07) is 13.3. The molecule has 0 spiro atoms. The minimum absolute atomic E-state index is 0.0812. The van der Waals surface area contributed by atoms with E-state index in [2.05, 4.69) is 36.2 Å². The molecule has 3 aromatic rings. The zero-order valence-electron chi connectivity index (χ0n) is 17.0. The summed E-state index contributed by atoms with van der Waals surface area (Å²) in [6.45, 7) is 10.1. The summed E-state index contributed by atoms with van der Waals surface area (Å²) >= 11 is 0. The highest BCUT2D eigenvalue weighted by Gasteiger charge is 2.22. The number of benzene rings is 1. The molecular formula is C22H26N4O2. The number of nitrogens with zero attached hydrogens (tertiary/aromatic N) is 3. The summed E-state index contributed by atoms with van der Waals surface area (Å²) in [4.78, 5) is 16.9. The molecule has 0 fully saturated rings. The van der Waals surface area contributed by atoms with Gasteiger partial charge in [-0.05, 0) is 37.6 Å². The largest absolute Gasteiger partial charge is 0.483 e. The van der Waals surface area contributed by atoms with E-state index in [0.29, 0.717) is 17.4 Å². The van der Waals surface area contributed by atoms with Crippen LogP contribution in [-0.4, -0.2) is 27.3 Å². The van der Waals surface area contributed by atoms with Gasteiger partial charge in [0.25, 0.3) is 5.91 Å². The van der Waals surface area contributed by atoms with Gasteiger partial charge in [-0.15, -0.1) is 0 Å². The number of anilines is 1. The van der Waals surface area contributed by atoms with Gasteiger partial charge in [-0.1, -0.05) is 44.5 Å². The topological polar surface area (TPSA) is 69.0 Å². The molecule has 146 valence electrons. The Morgan fingerprint density at radius 2 is 1.93 bits per heavy atom. The molecule has 0 aliphatic heterocycles. The van der Waals surface area contributed by atoms with E-state index in [0.717, 1.165) is 16.8 Å². The Kier molecular flexibility index (Phi) is 5.49. The maximum atomic E-state index is 12.5. The van der Waals surface area contributed by atoms with Crippen LogP contribution < -0.4 is 10.1 Å². The minimum atomic E-state index is -0.252. The van der Waals surface area contributed by atoms with Crippen molar-refractivity contribution in [1.82, 2.24) is 14.8 Å². The third kappa shape index (κ3) is 4.57. The first-order valence-corrected chi connectivity index (χ1v) is 9.26. The Morgan fingerprint density at radius 3 is 2.57 bits per heavy atom. The molecule has 28 heavy (non-hydrogen) atoms. The Labute approximate surface area is 165 Å².